The fourth-order valence-electron chi connectivity index (χ4n) is 2.74. The van der Waals surface area contributed by atoms with Crippen LogP contribution in [0.1, 0.15) is 18.1 Å². The third kappa shape index (κ3) is 4.36. The summed E-state index contributed by atoms with van der Waals surface area (Å²) in [5.41, 5.74) is -2.68. The molecule has 142 valence electrons. The lowest BCUT2D eigenvalue weighted by Gasteiger charge is -2.08. The zero-order valence-corrected chi connectivity index (χ0v) is 15.1. The summed E-state index contributed by atoms with van der Waals surface area (Å²) in [4.78, 5) is 16.7. The van der Waals surface area contributed by atoms with Gasteiger partial charge in [-0.2, -0.15) is 13.2 Å². The smallest absolute Gasteiger partial charge is 0.446 e. The van der Waals surface area contributed by atoms with Gasteiger partial charge in [-0.05, 0) is 59.6 Å². The quantitative estimate of drug-likeness (QED) is 0.665. The Hall–Kier alpha value is -2.68. The van der Waals surface area contributed by atoms with E-state index in [-0.39, 0.29) is 34.8 Å². The molecule has 3 rings (SSSR count). The molecule has 0 unspecified atom stereocenters. The van der Waals surface area contributed by atoms with Crippen molar-refractivity contribution in [2.24, 2.45) is 0 Å². The number of thioether (sulfide) groups is 1. The van der Waals surface area contributed by atoms with E-state index in [1.165, 1.54) is 35.0 Å². The van der Waals surface area contributed by atoms with E-state index >= 15 is 0 Å². The minimum absolute atomic E-state index is 0.00240. The van der Waals surface area contributed by atoms with Crippen LogP contribution in [0.5, 0.6) is 5.88 Å². The molecule has 2 heterocycles. The van der Waals surface area contributed by atoms with Crippen LogP contribution in [0.2, 0.25) is 0 Å². The maximum Gasteiger partial charge on any atom is 0.446 e. The van der Waals surface area contributed by atoms with Crippen molar-refractivity contribution < 1.29 is 18.3 Å². The molecule has 9 heteroatoms. The van der Waals surface area contributed by atoms with Crippen molar-refractivity contribution in [3.05, 3.63) is 70.5 Å². The van der Waals surface area contributed by atoms with Gasteiger partial charge in [0.25, 0.3) is 0 Å². The second-order valence-corrected chi connectivity index (χ2v) is 6.91. The molecule has 0 aliphatic carbocycles. The minimum Gasteiger partial charge on any atom is -0.493 e. The highest BCUT2D eigenvalue weighted by molar-refractivity contribution is 8.00. The summed E-state index contributed by atoms with van der Waals surface area (Å²) < 4.78 is 39.7. The fourth-order valence-corrected chi connectivity index (χ4v) is 3.28. The van der Waals surface area contributed by atoms with Gasteiger partial charge in [-0.25, -0.2) is 9.36 Å². The predicted molar refractivity (Wildman–Crippen MR) is 96.3 cm³/mol. The number of aromatic hydroxyl groups is 1. The number of hydrogen-bond donors (Lipinski definition) is 1. The molecular weight excluding hydrogens is 379 g/mol. The lowest BCUT2D eigenvalue weighted by Crippen LogP contribution is -2.23. The standard InChI is InChI=1S/C18H16F3N3O2S/c1-2-12-9-22-8-7-13(12)10-23-11-16(25)24(17(23)26)14-3-5-15(6-4-14)27-18(19,20)21/h3-9,11,25H,2,10H2,1H3. The van der Waals surface area contributed by atoms with E-state index in [2.05, 4.69) is 4.98 Å². The molecule has 2 aromatic heterocycles. The highest BCUT2D eigenvalue weighted by atomic mass is 32.2. The number of rotatable bonds is 5. The zero-order chi connectivity index (χ0) is 19.6. The molecular formula is C18H16F3N3O2S. The lowest BCUT2D eigenvalue weighted by molar-refractivity contribution is -0.0328. The van der Waals surface area contributed by atoms with Gasteiger partial charge in [0.15, 0.2) is 0 Å². The largest absolute Gasteiger partial charge is 0.493 e. The molecule has 0 saturated carbocycles. The van der Waals surface area contributed by atoms with Crippen LogP contribution in [-0.2, 0) is 13.0 Å². The molecule has 0 amide bonds. The summed E-state index contributed by atoms with van der Waals surface area (Å²) in [5, 5.41) is 10.2. The number of halogens is 3. The summed E-state index contributed by atoms with van der Waals surface area (Å²) in [6.07, 6.45) is 5.42. The first-order chi connectivity index (χ1) is 12.8. The van der Waals surface area contributed by atoms with Crippen molar-refractivity contribution in [1.82, 2.24) is 14.1 Å². The van der Waals surface area contributed by atoms with Crippen molar-refractivity contribution in [2.45, 2.75) is 30.3 Å². The fraction of sp³-hybridized carbons (Fsp3) is 0.222. The highest BCUT2D eigenvalue weighted by Crippen LogP contribution is 2.37. The van der Waals surface area contributed by atoms with E-state index in [1.807, 2.05) is 13.0 Å². The third-order valence-electron chi connectivity index (χ3n) is 3.99. The molecule has 0 bridgehead atoms. The number of nitrogens with zero attached hydrogens (tertiary/aromatic N) is 3. The third-order valence-corrected chi connectivity index (χ3v) is 4.73. The number of hydrogen-bond acceptors (Lipinski definition) is 4. The first kappa shape index (κ1) is 19.1. The van der Waals surface area contributed by atoms with Gasteiger partial charge in [0.2, 0.25) is 5.88 Å². The molecule has 0 spiro atoms. The van der Waals surface area contributed by atoms with E-state index in [4.69, 9.17) is 0 Å². The van der Waals surface area contributed by atoms with Crippen molar-refractivity contribution in [2.75, 3.05) is 0 Å². The van der Waals surface area contributed by atoms with Gasteiger partial charge in [-0.15, -0.1) is 0 Å². The van der Waals surface area contributed by atoms with Gasteiger partial charge in [-0.1, -0.05) is 6.92 Å². The Balaban J connectivity index is 1.91. The summed E-state index contributed by atoms with van der Waals surface area (Å²) in [7, 11) is 0. The Bertz CT molecular complexity index is 994. The molecule has 0 radical (unpaired) electrons. The highest BCUT2D eigenvalue weighted by Gasteiger charge is 2.29. The van der Waals surface area contributed by atoms with E-state index in [9.17, 15) is 23.1 Å². The minimum atomic E-state index is -4.38. The second-order valence-electron chi connectivity index (χ2n) is 5.77. The number of alkyl halides is 3. The van der Waals surface area contributed by atoms with Gasteiger partial charge < -0.3 is 5.11 Å². The van der Waals surface area contributed by atoms with Gasteiger partial charge in [-0.3, -0.25) is 9.55 Å². The van der Waals surface area contributed by atoms with Crippen LogP contribution in [0.4, 0.5) is 13.2 Å². The van der Waals surface area contributed by atoms with E-state index < -0.39 is 11.2 Å². The predicted octanol–water partition coefficient (Wildman–Crippen LogP) is 3.96. The number of benzene rings is 1. The van der Waals surface area contributed by atoms with Crippen molar-refractivity contribution in [3.63, 3.8) is 0 Å². The molecule has 0 atom stereocenters. The van der Waals surface area contributed by atoms with Gasteiger partial charge >= 0.3 is 11.2 Å². The maximum atomic E-state index is 12.7. The van der Waals surface area contributed by atoms with Crippen LogP contribution in [0.25, 0.3) is 5.69 Å². The Labute approximate surface area is 157 Å². The molecule has 0 aliphatic rings. The van der Waals surface area contributed by atoms with E-state index in [0.29, 0.717) is 0 Å². The first-order valence-electron chi connectivity index (χ1n) is 8.07. The number of aryl methyl sites for hydroxylation is 1. The molecule has 0 fully saturated rings. The monoisotopic (exact) mass is 395 g/mol. The van der Waals surface area contributed by atoms with Gasteiger partial charge in [0.1, 0.15) is 0 Å². The van der Waals surface area contributed by atoms with Crippen molar-refractivity contribution in [1.29, 1.82) is 0 Å². The average Bonchev–Trinajstić information content (AvgIpc) is 2.88. The van der Waals surface area contributed by atoms with Crippen LogP contribution in [0.3, 0.4) is 0 Å². The number of aromatic nitrogens is 3. The summed E-state index contributed by atoms with van der Waals surface area (Å²) in [6, 6.07) is 7.05. The second kappa shape index (κ2) is 7.51. The normalized spacial score (nSPS) is 11.7. The molecule has 3 aromatic rings. The molecule has 1 N–H and O–H groups in total. The SMILES string of the molecule is CCc1cnccc1Cn1cc(O)n(-c2ccc(SC(F)(F)F)cc2)c1=O. The van der Waals surface area contributed by atoms with Crippen LogP contribution in [-0.4, -0.2) is 24.7 Å². The van der Waals surface area contributed by atoms with Crippen LogP contribution >= 0.6 is 11.8 Å². The molecule has 27 heavy (non-hydrogen) atoms. The maximum absolute atomic E-state index is 12.7. The number of pyridine rings is 1. The van der Waals surface area contributed by atoms with Crippen LogP contribution < -0.4 is 5.69 Å². The molecule has 0 saturated heterocycles. The Morgan fingerprint density at radius 1 is 1.15 bits per heavy atom. The number of imidazole rings is 1. The molecule has 5 nitrogen and oxygen atoms in total. The summed E-state index contributed by atoms with van der Waals surface area (Å²) in [6.45, 7) is 2.24. The topological polar surface area (TPSA) is 60.0 Å². The van der Waals surface area contributed by atoms with Crippen molar-refractivity contribution in [3.8, 4) is 11.6 Å². The van der Waals surface area contributed by atoms with Crippen LogP contribution in [0, 0.1) is 0 Å². The average molecular weight is 395 g/mol. The summed E-state index contributed by atoms with van der Waals surface area (Å²) >= 11 is -0.237. The Morgan fingerprint density at radius 3 is 2.48 bits per heavy atom. The summed E-state index contributed by atoms with van der Waals surface area (Å²) in [5.74, 6) is -0.289. The first-order valence-corrected chi connectivity index (χ1v) is 8.89. The molecule has 0 aliphatic heterocycles. The Morgan fingerprint density at radius 2 is 1.85 bits per heavy atom. The Kier molecular flexibility index (Phi) is 5.31. The molecule has 1 aromatic carbocycles. The van der Waals surface area contributed by atoms with Crippen LogP contribution in [0.15, 0.2) is 58.6 Å². The van der Waals surface area contributed by atoms with Crippen molar-refractivity contribution >= 4 is 11.8 Å². The van der Waals surface area contributed by atoms with Gasteiger partial charge in [0, 0.05) is 17.3 Å². The lowest BCUT2D eigenvalue weighted by atomic mass is 10.1. The van der Waals surface area contributed by atoms with E-state index in [1.54, 1.807) is 12.4 Å². The van der Waals surface area contributed by atoms with E-state index in [0.717, 1.165) is 22.1 Å². The zero-order valence-electron chi connectivity index (χ0n) is 14.3. The van der Waals surface area contributed by atoms with Gasteiger partial charge in [0.05, 0.1) is 18.4 Å².